The average molecular weight is 157 g/mol. The Hall–Kier alpha value is -0.410. The molecule has 1 aliphatic rings. The molecule has 3 atom stereocenters. The van der Waals surface area contributed by atoms with Crippen LogP contribution in [-0.2, 0) is 9.53 Å². The molecule has 3 nitrogen and oxygen atoms in total. The second-order valence-electron chi connectivity index (χ2n) is 3.33. The van der Waals surface area contributed by atoms with Gasteiger partial charge in [0, 0.05) is 6.04 Å². The summed E-state index contributed by atoms with van der Waals surface area (Å²) >= 11 is 0. The molecule has 1 rings (SSSR count). The van der Waals surface area contributed by atoms with Gasteiger partial charge < -0.3 is 4.74 Å². The molecule has 11 heavy (non-hydrogen) atoms. The lowest BCUT2D eigenvalue weighted by atomic mass is 10.0. The Kier molecular flexibility index (Phi) is 2.62. The van der Waals surface area contributed by atoms with Gasteiger partial charge >= 0.3 is 0 Å². The zero-order valence-electron chi connectivity index (χ0n) is 7.20. The molecule has 1 N–H and O–H groups in total. The molecule has 0 amide bonds. The minimum absolute atomic E-state index is 0.144. The molecule has 1 saturated heterocycles. The molecular weight excluding hydrogens is 142 g/mol. The van der Waals surface area contributed by atoms with Crippen molar-refractivity contribution in [1.29, 1.82) is 0 Å². The number of hydrogen-bond donors (Lipinski definition) is 1. The summed E-state index contributed by atoms with van der Waals surface area (Å²) < 4.78 is 5.31. The highest BCUT2D eigenvalue weighted by Gasteiger charge is 2.32. The summed E-state index contributed by atoms with van der Waals surface area (Å²) in [6, 6.07) is 0.310. The quantitative estimate of drug-likeness (QED) is 0.595. The molecule has 3 heteroatoms. The maximum absolute atomic E-state index is 10.3. The lowest BCUT2D eigenvalue weighted by molar-refractivity contribution is -0.117. The highest BCUT2D eigenvalue weighted by Crippen LogP contribution is 2.16. The van der Waals surface area contributed by atoms with E-state index in [0.29, 0.717) is 12.0 Å². The first kappa shape index (κ1) is 8.68. The predicted molar refractivity (Wildman–Crippen MR) is 42.2 cm³/mol. The van der Waals surface area contributed by atoms with Crippen molar-refractivity contribution in [3.8, 4) is 0 Å². The molecule has 0 aromatic carbocycles. The summed E-state index contributed by atoms with van der Waals surface area (Å²) in [6.45, 7) is 6.22. The van der Waals surface area contributed by atoms with Crippen molar-refractivity contribution in [3.63, 3.8) is 0 Å². The van der Waals surface area contributed by atoms with Crippen LogP contribution in [-0.4, -0.2) is 24.7 Å². The number of nitrogens with one attached hydrogen (secondary N) is 1. The Morgan fingerprint density at radius 1 is 1.55 bits per heavy atom. The average Bonchev–Trinajstić information content (AvgIpc) is 2.30. The third kappa shape index (κ3) is 1.79. The number of carbonyl (C=O) groups excluding carboxylic acids is 1. The van der Waals surface area contributed by atoms with Gasteiger partial charge in [-0.25, -0.2) is 0 Å². The summed E-state index contributed by atoms with van der Waals surface area (Å²) in [6.07, 6.45) is 0.557. The lowest BCUT2D eigenvalue weighted by Crippen LogP contribution is -2.37. The molecule has 0 aliphatic carbocycles. The number of aldehydes is 1. The Morgan fingerprint density at radius 3 is 2.45 bits per heavy atom. The largest absolute Gasteiger partial charge is 0.352 e. The van der Waals surface area contributed by atoms with Gasteiger partial charge in [0.15, 0.2) is 12.5 Å². The number of hydrogen-bond acceptors (Lipinski definition) is 3. The van der Waals surface area contributed by atoms with E-state index in [2.05, 4.69) is 19.2 Å². The van der Waals surface area contributed by atoms with Gasteiger partial charge in [0.05, 0.1) is 6.10 Å². The monoisotopic (exact) mass is 157 g/mol. The van der Waals surface area contributed by atoms with Crippen molar-refractivity contribution in [2.24, 2.45) is 5.92 Å². The SMILES string of the molecule is CC(C)C1NC(C=O)OC1C. The second kappa shape index (κ2) is 3.32. The van der Waals surface area contributed by atoms with Crippen molar-refractivity contribution in [3.05, 3.63) is 0 Å². The molecule has 0 radical (unpaired) electrons. The van der Waals surface area contributed by atoms with Crippen molar-refractivity contribution in [2.45, 2.75) is 39.1 Å². The van der Waals surface area contributed by atoms with Gasteiger partial charge in [-0.3, -0.25) is 10.1 Å². The normalized spacial score (nSPS) is 38.0. The zero-order chi connectivity index (χ0) is 8.43. The van der Waals surface area contributed by atoms with Crippen LogP contribution in [0.25, 0.3) is 0 Å². The minimum atomic E-state index is -0.391. The van der Waals surface area contributed by atoms with Gasteiger partial charge in [0.1, 0.15) is 0 Å². The van der Waals surface area contributed by atoms with Gasteiger partial charge in [-0.2, -0.15) is 0 Å². The first-order valence-corrected chi connectivity index (χ1v) is 4.02. The molecular formula is C8H15NO2. The van der Waals surface area contributed by atoms with Gasteiger partial charge in [0.2, 0.25) is 0 Å². The van der Waals surface area contributed by atoms with Crippen LogP contribution in [0, 0.1) is 5.92 Å². The molecule has 0 aromatic rings. The highest BCUT2D eigenvalue weighted by atomic mass is 16.5. The Labute approximate surface area is 67.1 Å². The van der Waals surface area contributed by atoms with Crippen LogP contribution in [0.4, 0.5) is 0 Å². The van der Waals surface area contributed by atoms with E-state index in [1.807, 2.05) is 6.92 Å². The fraction of sp³-hybridized carbons (Fsp3) is 0.875. The molecule has 1 aliphatic heterocycles. The van der Waals surface area contributed by atoms with E-state index in [0.717, 1.165) is 6.29 Å². The highest BCUT2D eigenvalue weighted by molar-refractivity contribution is 5.56. The molecule has 0 spiro atoms. The smallest absolute Gasteiger partial charge is 0.165 e. The molecule has 3 unspecified atom stereocenters. The van der Waals surface area contributed by atoms with Crippen LogP contribution < -0.4 is 5.32 Å². The lowest BCUT2D eigenvalue weighted by Gasteiger charge is -2.17. The molecule has 64 valence electrons. The van der Waals surface area contributed by atoms with Crippen LogP contribution in [0.1, 0.15) is 20.8 Å². The number of carbonyl (C=O) groups is 1. The molecule has 1 fully saturated rings. The molecule has 0 aromatic heterocycles. The molecule has 1 heterocycles. The van der Waals surface area contributed by atoms with Gasteiger partial charge in [-0.15, -0.1) is 0 Å². The van der Waals surface area contributed by atoms with Crippen LogP contribution in [0.15, 0.2) is 0 Å². The second-order valence-corrected chi connectivity index (χ2v) is 3.33. The number of rotatable bonds is 2. The van der Waals surface area contributed by atoms with Crippen molar-refractivity contribution < 1.29 is 9.53 Å². The van der Waals surface area contributed by atoms with Gasteiger partial charge in [0.25, 0.3) is 0 Å². The van der Waals surface area contributed by atoms with E-state index in [1.54, 1.807) is 0 Å². The standard InChI is InChI=1S/C8H15NO2/c1-5(2)8-6(3)11-7(4-10)9-8/h4-9H,1-3H3. The Balaban J connectivity index is 2.51. The third-order valence-electron chi connectivity index (χ3n) is 2.07. The topological polar surface area (TPSA) is 38.3 Å². The van der Waals surface area contributed by atoms with Crippen LogP contribution in [0.2, 0.25) is 0 Å². The predicted octanol–water partition coefficient (Wildman–Crippen LogP) is 0.544. The van der Waals surface area contributed by atoms with E-state index >= 15 is 0 Å². The summed E-state index contributed by atoms with van der Waals surface area (Å²) in [5.74, 6) is 0.509. The Bertz CT molecular complexity index is 147. The fourth-order valence-corrected chi connectivity index (χ4v) is 1.49. The van der Waals surface area contributed by atoms with E-state index in [9.17, 15) is 4.79 Å². The number of ether oxygens (including phenoxy) is 1. The minimum Gasteiger partial charge on any atom is -0.352 e. The zero-order valence-corrected chi connectivity index (χ0v) is 7.20. The van der Waals surface area contributed by atoms with Crippen LogP contribution >= 0.6 is 0 Å². The van der Waals surface area contributed by atoms with Crippen LogP contribution in [0.3, 0.4) is 0 Å². The fourth-order valence-electron chi connectivity index (χ4n) is 1.49. The molecule has 0 saturated carbocycles. The van der Waals surface area contributed by atoms with E-state index in [4.69, 9.17) is 4.74 Å². The first-order chi connectivity index (χ1) is 5.15. The summed E-state index contributed by atoms with van der Waals surface area (Å²) in [7, 11) is 0. The first-order valence-electron chi connectivity index (χ1n) is 4.02. The third-order valence-corrected chi connectivity index (χ3v) is 2.07. The van der Waals surface area contributed by atoms with E-state index in [1.165, 1.54) is 0 Å². The van der Waals surface area contributed by atoms with Crippen molar-refractivity contribution in [1.82, 2.24) is 5.32 Å². The van der Waals surface area contributed by atoms with Crippen LogP contribution in [0.5, 0.6) is 0 Å². The maximum atomic E-state index is 10.3. The van der Waals surface area contributed by atoms with Crippen molar-refractivity contribution in [2.75, 3.05) is 0 Å². The summed E-state index contributed by atoms with van der Waals surface area (Å²) in [4.78, 5) is 10.3. The Morgan fingerprint density at radius 2 is 2.18 bits per heavy atom. The van der Waals surface area contributed by atoms with Gasteiger partial charge in [-0.1, -0.05) is 13.8 Å². The summed E-state index contributed by atoms with van der Waals surface area (Å²) in [5.41, 5.74) is 0. The van der Waals surface area contributed by atoms with E-state index < -0.39 is 6.23 Å². The summed E-state index contributed by atoms with van der Waals surface area (Å²) in [5, 5.41) is 3.10. The molecule has 0 bridgehead atoms. The maximum Gasteiger partial charge on any atom is 0.165 e. The van der Waals surface area contributed by atoms with Crippen molar-refractivity contribution >= 4 is 6.29 Å². The van der Waals surface area contributed by atoms with Gasteiger partial charge in [-0.05, 0) is 12.8 Å². The van der Waals surface area contributed by atoms with E-state index in [-0.39, 0.29) is 6.10 Å².